The van der Waals surface area contributed by atoms with E-state index < -0.39 is 12.4 Å². The molecule has 2 heterocycles. The zero-order chi connectivity index (χ0) is 10.1. The average molecular weight is 192 g/mol. The maximum absolute atomic E-state index is 11.2. The number of carbonyl (C=O) groups is 1. The topological polar surface area (TPSA) is 74.8 Å². The van der Waals surface area contributed by atoms with Crippen LogP contribution in [0.4, 0.5) is 0 Å². The Balaban J connectivity index is 2.72. The molecule has 5 nitrogen and oxygen atoms in total. The summed E-state index contributed by atoms with van der Waals surface area (Å²) in [7, 11) is 0. The summed E-state index contributed by atoms with van der Waals surface area (Å²) in [5.74, 6) is -0.686. The molecule has 2 aromatic rings. The summed E-state index contributed by atoms with van der Waals surface area (Å²) in [6.07, 6.45) is 1.60. The van der Waals surface area contributed by atoms with E-state index in [1.165, 1.54) is 4.40 Å². The van der Waals surface area contributed by atoms with Gasteiger partial charge in [-0.05, 0) is 12.1 Å². The summed E-state index contributed by atoms with van der Waals surface area (Å²) in [5, 5.41) is 18.0. The number of imidazole rings is 1. The van der Waals surface area contributed by atoms with E-state index >= 15 is 0 Å². The molecule has 72 valence electrons. The van der Waals surface area contributed by atoms with Crippen molar-refractivity contribution in [1.82, 2.24) is 9.38 Å². The maximum atomic E-state index is 11.2. The van der Waals surface area contributed by atoms with E-state index in [1.54, 1.807) is 24.4 Å². The van der Waals surface area contributed by atoms with Gasteiger partial charge in [-0.1, -0.05) is 6.07 Å². The summed E-state index contributed by atoms with van der Waals surface area (Å²) in [6, 6.07) is 5.07. The number of carbonyl (C=O) groups excluding carboxylic acids is 1. The molecule has 0 spiro atoms. The van der Waals surface area contributed by atoms with Gasteiger partial charge in [0.1, 0.15) is 12.1 Å². The summed E-state index contributed by atoms with van der Waals surface area (Å²) >= 11 is 0. The molecule has 0 aromatic carbocycles. The van der Waals surface area contributed by atoms with Gasteiger partial charge in [-0.15, -0.1) is 0 Å². The highest BCUT2D eigenvalue weighted by atomic mass is 16.3. The molecule has 2 rings (SSSR count). The van der Waals surface area contributed by atoms with Crippen LogP contribution in [-0.2, 0) is 0 Å². The Labute approximate surface area is 79.2 Å². The lowest BCUT2D eigenvalue weighted by molar-refractivity contribution is 0.0892. The van der Waals surface area contributed by atoms with Crippen molar-refractivity contribution in [3.63, 3.8) is 0 Å². The third-order valence-corrected chi connectivity index (χ3v) is 1.92. The van der Waals surface area contributed by atoms with Crippen molar-refractivity contribution in [1.29, 1.82) is 0 Å². The molecule has 0 aliphatic carbocycles. The summed E-state index contributed by atoms with van der Waals surface area (Å²) in [4.78, 5) is 14.9. The number of hydrogen-bond acceptors (Lipinski definition) is 4. The van der Waals surface area contributed by atoms with E-state index in [9.17, 15) is 9.90 Å². The molecule has 0 atom stereocenters. The minimum absolute atomic E-state index is 0.0422. The van der Waals surface area contributed by atoms with Gasteiger partial charge in [-0.2, -0.15) is 4.98 Å². The van der Waals surface area contributed by atoms with Crippen molar-refractivity contribution < 1.29 is 15.0 Å². The van der Waals surface area contributed by atoms with Gasteiger partial charge in [0.15, 0.2) is 5.82 Å². The standard InChI is InChI=1S/C9H8N2O3/c12-5-7(13)8-10-9(14)6-3-1-2-4-11(6)8/h1-4,12,14H,5H2. The SMILES string of the molecule is O=C(CO)c1nc(O)c2ccccn12. The molecule has 14 heavy (non-hydrogen) atoms. The van der Waals surface area contributed by atoms with Crippen molar-refractivity contribution >= 4 is 11.3 Å². The maximum Gasteiger partial charge on any atom is 0.237 e. The molecule has 5 heteroatoms. The minimum atomic E-state index is -0.618. The molecule has 0 fully saturated rings. The van der Waals surface area contributed by atoms with Crippen molar-refractivity contribution in [2.24, 2.45) is 0 Å². The van der Waals surface area contributed by atoms with Gasteiger partial charge in [-0.25, -0.2) is 0 Å². The number of aliphatic hydroxyl groups excluding tert-OH is 1. The fraction of sp³-hybridized carbons (Fsp3) is 0.111. The Kier molecular flexibility index (Phi) is 1.94. The quantitative estimate of drug-likeness (QED) is 0.667. The Hall–Kier alpha value is -1.88. The minimum Gasteiger partial charge on any atom is -0.492 e. The molecular weight excluding hydrogens is 184 g/mol. The lowest BCUT2D eigenvalue weighted by Crippen LogP contribution is -2.09. The predicted molar refractivity (Wildman–Crippen MR) is 48.3 cm³/mol. The lowest BCUT2D eigenvalue weighted by Gasteiger charge is -1.95. The van der Waals surface area contributed by atoms with Crippen molar-refractivity contribution in [2.75, 3.05) is 6.61 Å². The fourth-order valence-corrected chi connectivity index (χ4v) is 1.29. The van der Waals surface area contributed by atoms with Gasteiger partial charge < -0.3 is 10.2 Å². The highest BCUT2D eigenvalue weighted by Crippen LogP contribution is 2.18. The second-order valence-corrected chi connectivity index (χ2v) is 2.80. The highest BCUT2D eigenvalue weighted by molar-refractivity contribution is 5.95. The Morgan fingerprint density at radius 1 is 1.50 bits per heavy atom. The second kappa shape index (κ2) is 3.12. The first-order chi connectivity index (χ1) is 6.74. The number of aromatic nitrogens is 2. The van der Waals surface area contributed by atoms with Gasteiger partial charge in [0.25, 0.3) is 0 Å². The molecule has 0 saturated heterocycles. The Morgan fingerprint density at radius 2 is 2.29 bits per heavy atom. The number of pyridine rings is 1. The number of ketones is 1. The summed E-state index contributed by atoms with van der Waals surface area (Å²) < 4.78 is 1.44. The first-order valence-electron chi connectivity index (χ1n) is 4.04. The first-order valence-corrected chi connectivity index (χ1v) is 4.04. The molecule has 2 aromatic heterocycles. The zero-order valence-corrected chi connectivity index (χ0v) is 7.21. The molecule has 0 aliphatic rings. The van der Waals surface area contributed by atoms with Crippen LogP contribution in [0.2, 0.25) is 0 Å². The second-order valence-electron chi connectivity index (χ2n) is 2.80. The normalized spacial score (nSPS) is 10.6. The van der Waals surface area contributed by atoms with Crippen molar-refractivity contribution in [3.8, 4) is 5.88 Å². The number of nitrogens with zero attached hydrogens (tertiary/aromatic N) is 2. The fourth-order valence-electron chi connectivity index (χ4n) is 1.29. The number of rotatable bonds is 2. The van der Waals surface area contributed by atoms with Gasteiger partial charge in [0.2, 0.25) is 11.7 Å². The van der Waals surface area contributed by atoms with Crippen LogP contribution in [0.25, 0.3) is 5.52 Å². The van der Waals surface area contributed by atoms with Crippen LogP contribution in [0.5, 0.6) is 5.88 Å². The lowest BCUT2D eigenvalue weighted by atomic mass is 10.4. The van der Waals surface area contributed by atoms with E-state index in [-0.39, 0.29) is 11.7 Å². The first kappa shape index (κ1) is 8.71. The van der Waals surface area contributed by atoms with E-state index in [0.29, 0.717) is 5.52 Å². The van der Waals surface area contributed by atoms with Crippen molar-refractivity contribution in [2.45, 2.75) is 0 Å². The number of fused-ring (bicyclic) bond motifs is 1. The molecule has 2 N–H and O–H groups in total. The van der Waals surface area contributed by atoms with Crippen LogP contribution < -0.4 is 0 Å². The highest BCUT2D eigenvalue weighted by Gasteiger charge is 2.14. The molecule has 0 saturated carbocycles. The van der Waals surface area contributed by atoms with Gasteiger partial charge in [0.05, 0.1) is 0 Å². The number of aliphatic hydroxyl groups is 1. The zero-order valence-electron chi connectivity index (χ0n) is 7.21. The molecule has 0 amide bonds. The monoisotopic (exact) mass is 192 g/mol. The van der Waals surface area contributed by atoms with Gasteiger partial charge in [0, 0.05) is 6.20 Å². The molecule has 0 radical (unpaired) electrons. The van der Waals surface area contributed by atoms with Crippen LogP contribution >= 0.6 is 0 Å². The van der Waals surface area contributed by atoms with Crippen LogP contribution in [0, 0.1) is 0 Å². The van der Waals surface area contributed by atoms with Crippen LogP contribution in [-0.4, -0.2) is 32.0 Å². The molecule has 0 unspecified atom stereocenters. The predicted octanol–water partition coefficient (Wildman–Crippen LogP) is 0.215. The van der Waals surface area contributed by atoms with E-state index in [4.69, 9.17) is 5.11 Å². The molecular formula is C9H8N2O3. The number of hydrogen-bond donors (Lipinski definition) is 2. The van der Waals surface area contributed by atoms with Crippen LogP contribution in [0.3, 0.4) is 0 Å². The Bertz CT molecular complexity index is 490. The molecule has 0 aliphatic heterocycles. The smallest absolute Gasteiger partial charge is 0.237 e. The Morgan fingerprint density at radius 3 is 3.00 bits per heavy atom. The molecule has 0 bridgehead atoms. The van der Waals surface area contributed by atoms with E-state index in [2.05, 4.69) is 4.98 Å². The van der Waals surface area contributed by atoms with Crippen LogP contribution in [0.1, 0.15) is 10.6 Å². The summed E-state index contributed by atoms with van der Waals surface area (Å²) in [6.45, 7) is -0.618. The largest absolute Gasteiger partial charge is 0.492 e. The number of Topliss-reactive ketones (excluding diaryl/α,β-unsaturated/α-hetero) is 1. The van der Waals surface area contributed by atoms with Crippen LogP contribution in [0.15, 0.2) is 24.4 Å². The van der Waals surface area contributed by atoms with Gasteiger partial charge in [-0.3, -0.25) is 9.20 Å². The van der Waals surface area contributed by atoms with E-state index in [1.807, 2.05) is 0 Å². The van der Waals surface area contributed by atoms with Crippen molar-refractivity contribution in [3.05, 3.63) is 30.2 Å². The van der Waals surface area contributed by atoms with E-state index in [0.717, 1.165) is 0 Å². The average Bonchev–Trinajstić information content (AvgIpc) is 2.56. The number of aromatic hydroxyl groups is 1. The third kappa shape index (κ3) is 1.14. The summed E-state index contributed by atoms with van der Waals surface area (Å²) in [5.41, 5.74) is 0.448. The third-order valence-electron chi connectivity index (χ3n) is 1.92. The van der Waals surface area contributed by atoms with Gasteiger partial charge >= 0.3 is 0 Å².